The third-order valence-electron chi connectivity index (χ3n) is 3.94. The van der Waals surface area contributed by atoms with E-state index in [0.29, 0.717) is 16.5 Å². The van der Waals surface area contributed by atoms with Gasteiger partial charge in [-0.05, 0) is 18.2 Å². The first-order chi connectivity index (χ1) is 13.1. The van der Waals surface area contributed by atoms with Crippen molar-refractivity contribution in [2.75, 3.05) is 22.9 Å². The van der Waals surface area contributed by atoms with Gasteiger partial charge in [-0.2, -0.15) is 5.10 Å². The largest absolute Gasteiger partial charge is 0.296 e. The average molecular weight is 419 g/mol. The summed E-state index contributed by atoms with van der Waals surface area (Å²) in [6.07, 6.45) is 1.13. The fraction of sp³-hybridized carbons (Fsp3) is 0.176. The molecule has 0 aliphatic carbocycles. The first-order valence-corrected chi connectivity index (χ1v) is 10.7. The Morgan fingerprint density at radius 1 is 1.18 bits per heavy atom. The molecule has 2 heterocycles. The fourth-order valence-electron chi connectivity index (χ4n) is 2.28. The van der Waals surface area contributed by atoms with Gasteiger partial charge in [0.2, 0.25) is 10.0 Å². The van der Waals surface area contributed by atoms with Crippen molar-refractivity contribution in [2.45, 2.75) is 0 Å². The molecule has 0 radical (unpaired) electrons. The van der Waals surface area contributed by atoms with Crippen LogP contribution in [-0.2, 0) is 17.1 Å². The smallest absolute Gasteiger partial charge is 0.277 e. The molecule has 0 aliphatic heterocycles. The van der Waals surface area contributed by atoms with Crippen molar-refractivity contribution in [3.8, 4) is 11.3 Å². The van der Waals surface area contributed by atoms with Gasteiger partial charge in [0.15, 0.2) is 5.13 Å². The predicted molar refractivity (Wildman–Crippen MR) is 108 cm³/mol. The van der Waals surface area contributed by atoms with Gasteiger partial charge in [0.25, 0.3) is 11.5 Å². The molecule has 0 saturated carbocycles. The number of sulfonamides is 1. The number of nitrogens with one attached hydrogen (secondary N) is 1. The maximum Gasteiger partial charge on any atom is 0.277 e. The molecular formula is C17H17N5O4S2. The van der Waals surface area contributed by atoms with Gasteiger partial charge in [-0.1, -0.05) is 12.1 Å². The third-order valence-corrected chi connectivity index (χ3v) is 5.91. The highest BCUT2D eigenvalue weighted by molar-refractivity contribution is 7.92. The fourth-order valence-corrected chi connectivity index (χ4v) is 3.50. The van der Waals surface area contributed by atoms with Crippen LogP contribution in [0.15, 0.2) is 46.6 Å². The van der Waals surface area contributed by atoms with Crippen molar-refractivity contribution in [2.24, 2.45) is 7.05 Å². The number of benzene rings is 1. The molecule has 11 heteroatoms. The highest BCUT2D eigenvalue weighted by Crippen LogP contribution is 2.27. The second-order valence-corrected chi connectivity index (χ2v) is 8.82. The van der Waals surface area contributed by atoms with E-state index in [1.807, 2.05) is 0 Å². The molecule has 0 fully saturated rings. The van der Waals surface area contributed by atoms with Gasteiger partial charge in [-0.25, -0.2) is 18.1 Å². The van der Waals surface area contributed by atoms with Crippen LogP contribution < -0.4 is 15.2 Å². The highest BCUT2D eigenvalue weighted by Gasteiger charge is 2.14. The Kier molecular flexibility index (Phi) is 5.29. The maximum atomic E-state index is 12.3. The summed E-state index contributed by atoms with van der Waals surface area (Å²) in [5.41, 5.74) is 1.76. The molecular weight excluding hydrogens is 402 g/mol. The molecule has 1 amide bonds. The molecule has 0 saturated heterocycles. The van der Waals surface area contributed by atoms with Gasteiger partial charge in [0.1, 0.15) is 5.69 Å². The Morgan fingerprint density at radius 3 is 2.46 bits per heavy atom. The lowest BCUT2D eigenvalue weighted by atomic mass is 10.1. The number of aryl methyl sites for hydroxylation is 1. The monoisotopic (exact) mass is 419 g/mol. The van der Waals surface area contributed by atoms with Gasteiger partial charge < -0.3 is 0 Å². The standard InChI is InChI=1S/C17H17N5O4S2/c1-21-15(23)9-8-13(20-21)16(24)19-17-18-14(10-27-17)11-4-6-12(7-5-11)22(2)28(3,25)26/h4-10H,1-3H3,(H,18,19,24). The minimum absolute atomic E-state index is 0.104. The van der Waals surface area contributed by atoms with E-state index in [1.165, 1.54) is 41.9 Å². The molecule has 0 atom stereocenters. The molecule has 3 aromatic rings. The number of anilines is 2. The predicted octanol–water partition coefficient (Wildman–Crippen LogP) is 1.55. The summed E-state index contributed by atoms with van der Waals surface area (Å²) < 4.78 is 25.5. The van der Waals surface area contributed by atoms with Crippen molar-refractivity contribution in [3.63, 3.8) is 0 Å². The number of hydrogen-bond acceptors (Lipinski definition) is 7. The van der Waals surface area contributed by atoms with E-state index in [9.17, 15) is 18.0 Å². The molecule has 2 aromatic heterocycles. The summed E-state index contributed by atoms with van der Waals surface area (Å²) in [6.45, 7) is 0. The zero-order valence-electron chi connectivity index (χ0n) is 15.3. The zero-order valence-corrected chi connectivity index (χ0v) is 16.9. The second-order valence-electron chi connectivity index (χ2n) is 5.95. The van der Waals surface area contributed by atoms with E-state index >= 15 is 0 Å². The molecule has 28 heavy (non-hydrogen) atoms. The second kappa shape index (κ2) is 7.52. The first-order valence-electron chi connectivity index (χ1n) is 8.01. The number of carbonyl (C=O) groups is 1. The van der Waals surface area contributed by atoms with Crippen molar-refractivity contribution < 1.29 is 13.2 Å². The van der Waals surface area contributed by atoms with E-state index < -0.39 is 15.9 Å². The molecule has 9 nitrogen and oxygen atoms in total. The van der Waals surface area contributed by atoms with E-state index in [0.717, 1.165) is 16.5 Å². The van der Waals surface area contributed by atoms with Crippen LogP contribution in [0, 0.1) is 0 Å². The van der Waals surface area contributed by atoms with E-state index in [2.05, 4.69) is 15.4 Å². The lowest BCUT2D eigenvalue weighted by Crippen LogP contribution is -2.24. The van der Waals surface area contributed by atoms with E-state index in [1.54, 1.807) is 29.6 Å². The number of thiazole rings is 1. The number of nitrogens with zero attached hydrogens (tertiary/aromatic N) is 4. The molecule has 0 bridgehead atoms. The van der Waals surface area contributed by atoms with Crippen LogP contribution >= 0.6 is 11.3 Å². The van der Waals surface area contributed by atoms with Crippen molar-refractivity contribution in [3.05, 3.63) is 57.8 Å². The number of amides is 1. The van der Waals surface area contributed by atoms with Crippen LogP contribution in [0.1, 0.15) is 10.5 Å². The zero-order chi connectivity index (χ0) is 20.5. The van der Waals surface area contributed by atoms with Crippen LogP contribution in [0.3, 0.4) is 0 Å². The molecule has 1 N–H and O–H groups in total. The molecule has 1 aromatic carbocycles. The quantitative estimate of drug-likeness (QED) is 0.671. The van der Waals surface area contributed by atoms with Crippen LogP contribution in [0.2, 0.25) is 0 Å². The van der Waals surface area contributed by atoms with Gasteiger partial charge in [-0.15, -0.1) is 11.3 Å². The Hall–Kier alpha value is -3.05. The Balaban J connectivity index is 1.75. The van der Waals surface area contributed by atoms with E-state index in [4.69, 9.17) is 0 Å². The number of rotatable bonds is 5. The van der Waals surface area contributed by atoms with Crippen molar-refractivity contribution in [1.82, 2.24) is 14.8 Å². The highest BCUT2D eigenvalue weighted by atomic mass is 32.2. The first kappa shape index (κ1) is 19.7. The third kappa shape index (κ3) is 4.26. The van der Waals surface area contributed by atoms with Gasteiger partial charge in [0, 0.05) is 31.1 Å². The van der Waals surface area contributed by atoms with Crippen LogP contribution in [0.25, 0.3) is 11.3 Å². The number of aromatic nitrogens is 3. The summed E-state index contributed by atoms with van der Waals surface area (Å²) in [4.78, 5) is 28.0. The summed E-state index contributed by atoms with van der Waals surface area (Å²) in [6, 6.07) is 9.50. The van der Waals surface area contributed by atoms with Crippen LogP contribution in [0.5, 0.6) is 0 Å². The van der Waals surface area contributed by atoms with Gasteiger partial charge in [0.05, 0.1) is 17.6 Å². The molecule has 146 valence electrons. The van der Waals surface area contributed by atoms with Crippen molar-refractivity contribution in [1.29, 1.82) is 0 Å². The lowest BCUT2D eigenvalue weighted by Gasteiger charge is -2.16. The topological polar surface area (TPSA) is 114 Å². The number of hydrogen-bond donors (Lipinski definition) is 1. The van der Waals surface area contributed by atoms with Gasteiger partial charge in [-0.3, -0.25) is 19.2 Å². The van der Waals surface area contributed by atoms with Gasteiger partial charge >= 0.3 is 0 Å². The molecule has 0 aliphatic rings. The average Bonchev–Trinajstić information content (AvgIpc) is 3.11. The van der Waals surface area contributed by atoms with Crippen molar-refractivity contribution >= 4 is 38.1 Å². The number of carbonyl (C=O) groups excluding carboxylic acids is 1. The minimum Gasteiger partial charge on any atom is -0.296 e. The Bertz CT molecular complexity index is 1180. The normalized spacial score (nSPS) is 11.2. The summed E-state index contributed by atoms with van der Waals surface area (Å²) in [5, 5.41) is 8.70. The Morgan fingerprint density at radius 2 is 1.86 bits per heavy atom. The van der Waals surface area contributed by atoms with Crippen LogP contribution in [-0.4, -0.2) is 42.4 Å². The van der Waals surface area contributed by atoms with E-state index in [-0.39, 0.29) is 11.3 Å². The lowest BCUT2D eigenvalue weighted by molar-refractivity contribution is 0.102. The summed E-state index contributed by atoms with van der Waals surface area (Å²) >= 11 is 1.24. The maximum absolute atomic E-state index is 12.3. The Labute approximate surface area is 165 Å². The SMILES string of the molecule is CN(c1ccc(-c2csc(NC(=O)c3ccc(=O)n(C)n3)n2)cc1)S(C)(=O)=O. The molecule has 0 spiro atoms. The summed E-state index contributed by atoms with van der Waals surface area (Å²) in [5.74, 6) is -0.471. The summed E-state index contributed by atoms with van der Waals surface area (Å²) in [7, 11) is -0.386. The molecule has 3 rings (SSSR count). The molecule has 0 unspecified atom stereocenters. The minimum atomic E-state index is -3.33. The van der Waals surface area contributed by atoms with Crippen LogP contribution in [0.4, 0.5) is 10.8 Å².